The third kappa shape index (κ3) is 5.15. The Labute approximate surface area is 233 Å². The molecule has 0 aliphatic heterocycles. The van der Waals surface area contributed by atoms with Crippen molar-refractivity contribution in [1.82, 2.24) is 20.0 Å². The molecule has 2 aromatic heterocycles. The number of fused-ring (bicyclic) bond motifs is 1. The van der Waals surface area contributed by atoms with E-state index in [0.717, 1.165) is 0 Å². The van der Waals surface area contributed by atoms with Crippen molar-refractivity contribution in [3.05, 3.63) is 76.7 Å². The summed E-state index contributed by atoms with van der Waals surface area (Å²) >= 11 is 0. The third-order valence-electron chi connectivity index (χ3n) is 6.87. The van der Waals surface area contributed by atoms with Crippen molar-refractivity contribution in [2.45, 2.75) is 45.2 Å². The van der Waals surface area contributed by atoms with E-state index < -0.39 is 18.2 Å². The molecule has 2 heterocycles. The molecule has 1 saturated carbocycles. The van der Waals surface area contributed by atoms with Gasteiger partial charge in [0.2, 0.25) is 0 Å². The standard InChI is InChI=1S/C30H28FN9/c1-29(2,3)18-36-27-22(14-34)15-35-26-21(13-33)10-23(11-24(26)27)37-28(20-6-4-5-19(9-20)12-32)25-16-40(39-38-25)30(17-31)7-8-30/h4-6,9-11,15-16,28,37H,7-8,17-18H2,1-3H3,(H,35,36)/t28-/m0/s1/i28D. The maximum absolute atomic E-state index is 13.8. The van der Waals surface area contributed by atoms with Crippen molar-refractivity contribution in [3.8, 4) is 18.2 Å². The van der Waals surface area contributed by atoms with Crippen molar-refractivity contribution in [2.24, 2.45) is 5.41 Å². The molecule has 10 heteroatoms. The zero-order valence-electron chi connectivity index (χ0n) is 23.5. The molecule has 1 aliphatic carbocycles. The average Bonchev–Trinajstić information content (AvgIpc) is 3.60. The zero-order chi connectivity index (χ0) is 29.4. The van der Waals surface area contributed by atoms with Gasteiger partial charge >= 0.3 is 0 Å². The molecule has 2 N–H and O–H groups in total. The van der Waals surface area contributed by atoms with Gasteiger partial charge in [0.1, 0.15) is 24.5 Å². The lowest BCUT2D eigenvalue weighted by Gasteiger charge is -2.22. The predicted octanol–water partition coefficient (Wildman–Crippen LogP) is 5.56. The maximum atomic E-state index is 13.8. The lowest BCUT2D eigenvalue weighted by atomic mass is 9.96. The van der Waals surface area contributed by atoms with Crippen molar-refractivity contribution in [3.63, 3.8) is 0 Å². The van der Waals surface area contributed by atoms with Crippen molar-refractivity contribution < 1.29 is 5.76 Å². The van der Waals surface area contributed by atoms with Gasteiger partial charge < -0.3 is 10.6 Å². The van der Waals surface area contributed by atoms with Gasteiger partial charge in [0.25, 0.3) is 0 Å². The molecule has 0 saturated heterocycles. The van der Waals surface area contributed by atoms with Gasteiger partial charge in [-0.05, 0) is 48.1 Å². The molecular formula is C30H28FN9. The number of nitrogens with zero attached hydrogens (tertiary/aromatic N) is 7. The smallest absolute Gasteiger partial charge is 0.115 e. The second kappa shape index (κ2) is 10.3. The molecular weight excluding hydrogens is 505 g/mol. The first kappa shape index (κ1) is 25.3. The molecule has 1 atom stereocenters. The summed E-state index contributed by atoms with van der Waals surface area (Å²) in [6, 6.07) is 14.6. The van der Waals surface area contributed by atoms with Crippen LogP contribution in [-0.4, -0.2) is 33.2 Å². The fourth-order valence-electron chi connectivity index (χ4n) is 4.44. The van der Waals surface area contributed by atoms with E-state index in [2.05, 4.69) is 64.9 Å². The highest BCUT2D eigenvalue weighted by molar-refractivity contribution is 5.99. The molecule has 0 radical (unpaired) electrons. The van der Waals surface area contributed by atoms with Crippen molar-refractivity contribution >= 4 is 22.3 Å². The Kier molecular flexibility index (Phi) is 6.50. The van der Waals surface area contributed by atoms with E-state index in [1.54, 1.807) is 42.6 Å². The minimum atomic E-state index is -1.77. The highest BCUT2D eigenvalue weighted by Gasteiger charge is 2.46. The summed E-state index contributed by atoms with van der Waals surface area (Å²) in [6.07, 6.45) is 4.26. The summed E-state index contributed by atoms with van der Waals surface area (Å²) in [7, 11) is 0. The Bertz CT molecular complexity index is 1770. The van der Waals surface area contributed by atoms with Gasteiger partial charge in [0, 0.05) is 23.8 Å². The quantitative estimate of drug-likeness (QED) is 0.300. The number of anilines is 2. The van der Waals surface area contributed by atoms with Gasteiger partial charge in [-0.15, -0.1) is 5.10 Å². The predicted molar refractivity (Wildman–Crippen MR) is 149 cm³/mol. The summed E-state index contributed by atoms with van der Waals surface area (Å²) in [5, 5.41) is 44.9. The first-order valence-electron chi connectivity index (χ1n) is 13.3. The topological polar surface area (TPSA) is 139 Å². The summed E-state index contributed by atoms with van der Waals surface area (Å²) in [4.78, 5) is 4.39. The van der Waals surface area contributed by atoms with Crippen LogP contribution in [0.3, 0.4) is 0 Å². The first-order chi connectivity index (χ1) is 19.6. The normalized spacial score (nSPS) is 15.7. The van der Waals surface area contributed by atoms with E-state index in [1.807, 2.05) is 0 Å². The van der Waals surface area contributed by atoms with Gasteiger partial charge in [0.15, 0.2) is 0 Å². The van der Waals surface area contributed by atoms with Crippen molar-refractivity contribution in [1.29, 1.82) is 15.8 Å². The Morgan fingerprint density at radius 2 is 1.90 bits per heavy atom. The van der Waals surface area contributed by atoms with Crippen LogP contribution >= 0.6 is 0 Å². The molecule has 4 aromatic rings. The number of hydrogen-bond donors (Lipinski definition) is 2. The van der Waals surface area contributed by atoms with Gasteiger partial charge in [-0.25, -0.2) is 9.07 Å². The van der Waals surface area contributed by atoms with E-state index in [1.165, 1.54) is 10.9 Å². The Morgan fingerprint density at radius 1 is 1.12 bits per heavy atom. The van der Waals surface area contributed by atoms with Crippen LogP contribution in [0.5, 0.6) is 0 Å². The van der Waals surface area contributed by atoms with Crippen LogP contribution in [0.1, 0.15) is 68.9 Å². The fraction of sp³-hybridized carbons (Fsp3) is 0.333. The molecule has 40 heavy (non-hydrogen) atoms. The van der Waals surface area contributed by atoms with E-state index >= 15 is 0 Å². The molecule has 1 aliphatic rings. The van der Waals surface area contributed by atoms with Crippen LogP contribution in [0.25, 0.3) is 10.9 Å². The summed E-state index contributed by atoms with van der Waals surface area (Å²) in [5.41, 5.74) is 2.03. The number of pyridine rings is 1. The van der Waals surface area contributed by atoms with Crippen LogP contribution < -0.4 is 10.6 Å². The molecule has 0 bridgehead atoms. The van der Waals surface area contributed by atoms with E-state index in [-0.39, 0.29) is 16.7 Å². The summed E-state index contributed by atoms with van der Waals surface area (Å²) in [6.45, 7) is 6.16. The second-order valence-electron chi connectivity index (χ2n) is 11.2. The molecule has 5 rings (SSSR count). The monoisotopic (exact) mass is 534 g/mol. The van der Waals surface area contributed by atoms with Gasteiger partial charge in [-0.2, -0.15) is 15.8 Å². The fourth-order valence-corrected chi connectivity index (χ4v) is 4.44. The molecule has 0 amide bonds. The number of benzene rings is 2. The molecule has 1 fully saturated rings. The molecule has 0 spiro atoms. The number of hydrogen-bond acceptors (Lipinski definition) is 8. The van der Waals surface area contributed by atoms with E-state index in [4.69, 9.17) is 0 Å². The number of rotatable bonds is 8. The number of alkyl halides is 1. The number of halogens is 1. The maximum Gasteiger partial charge on any atom is 0.115 e. The largest absolute Gasteiger partial charge is 0.383 e. The highest BCUT2D eigenvalue weighted by Crippen LogP contribution is 2.43. The van der Waals surface area contributed by atoms with E-state index in [0.29, 0.717) is 58.4 Å². The zero-order valence-corrected chi connectivity index (χ0v) is 22.5. The molecule has 200 valence electrons. The third-order valence-corrected chi connectivity index (χ3v) is 6.87. The van der Waals surface area contributed by atoms with Crippen LogP contribution in [0.4, 0.5) is 15.8 Å². The van der Waals surface area contributed by atoms with Crippen LogP contribution in [0.15, 0.2) is 48.8 Å². The minimum Gasteiger partial charge on any atom is -0.383 e. The number of nitrogens with one attached hydrogen (secondary N) is 2. The summed E-state index contributed by atoms with van der Waals surface area (Å²) < 4.78 is 24.9. The van der Waals surface area contributed by atoms with Crippen molar-refractivity contribution in [2.75, 3.05) is 23.9 Å². The van der Waals surface area contributed by atoms with Gasteiger partial charge in [-0.1, -0.05) is 38.1 Å². The highest BCUT2D eigenvalue weighted by atomic mass is 19.1. The Balaban J connectivity index is 1.67. The minimum absolute atomic E-state index is 0.0946. The molecule has 9 nitrogen and oxygen atoms in total. The SMILES string of the molecule is [2H][C@](Nc1cc(C#N)c2ncc(C#N)c(NCC(C)(C)C)c2c1)(c1cccc(C#N)c1)c1cn(C2(CF)CC2)nn1. The van der Waals surface area contributed by atoms with Gasteiger partial charge in [-0.3, -0.25) is 4.98 Å². The van der Waals surface area contributed by atoms with Crippen LogP contribution in [-0.2, 0) is 5.54 Å². The lowest BCUT2D eigenvalue weighted by molar-refractivity contribution is 0.309. The average molecular weight is 535 g/mol. The summed E-state index contributed by atoms with van der Waals surface area (Å²) in [5.74, 6) is 0. The van der Waals surface area contributed by atoms with Gasteiger partial charge in [0.05, 0.1) is 53.1 Å². The number of aromatic nitrogens is 4. The number of nitriles is 3. The van der Waals surface area contributed by atoms with Crippen LogP contribution in [0, 0.1) is 39.4 Å². The molecule has 0 unspecified atom stereocenters. The molecule has 2 aromatic carbocycles. The second-order valence-corrected chi connectivity index (χ2v) is 11.2. The Hall–Kier alpha value is -5.01. The first-order valence-corrected chi connectivity index (χ1v) is 12.8. The van der Waals surface area contributed by atoms with E-state index in [9.17, 15) is 21.5 Å². The van der Waals surface area contributed by atoms with Crippen LogP contribution in [0.2, 0.25) is 0 Å². The lowest BCUT2D eigenvalue weighted by Crippen LogP contribution is -2.20. The Morgan fingerprint density at radius 3 is 2.55 bits per heavy atom.